The maximum absolute atomic E-state index is 12.9. The Labute approximate surface area is 128 Å². The molecule has 1 aromatic rings. The fraction of sp³-hybridized carbons (Fsp3) is 0.625. The number of aliphatic hydroxyl groups is 1. The third-order valence-electron chi connectivity index (χ3n) is 4.08. The molecule has 1 N–H and O–H groups in total. The van der Waals surface area contributed by atoms with E-state index in [1.165, 1.54) is 18.2 Å². The molecule has 0 aliphatic carbocycles. The highest BCUT2D eigenvalue weighted by atomic mass is 19.4. The van der Waals surface area contributed by atoms with E-state index in [2.05, 4.69) is 4.90 Å². The van der Waals surface area contributed by atoms with Crippen molar-refractivity contribution in [3.05, 3.63) is 29.8 Å². The number of likely N-dealkylation sites (tertiary alicyclic amines) is 1. The number of hydrogen-bond acceptors (Lipinski definition) is 3. The molecular formula is C16H22F3NO2. The van der Waals surface area contributed by atoms with Crippen molar-refractivity contribution in [1.29, 1.82) is 0 Å². The summed E-state index contributed by atoms with van der Waals surface area (Å²) in [7, 11) is 0. The number of ether oxygens (including phenoxy) is 1. The Balaban J connectivity index is 1.87. The quantitative estimate of drug-likeness (QED) is 0.905. The molecule has 1 aromatic carbocycles. The lowest BCUT2D eigenvalue weighted by atomic mass is 9.93. The molecule has 2 unspecified atom stereocenters. The van der Waals surface area contributed by atoms with Gasteiger partial charge in [-0.05, 0) is 44.4 Å². The Hall–Kier alpha value is -1.27. The molecular weight excluding hydrogens is 295 g/mol. The van der Waals surface area contributed by atoms with Crippen LogP contribution in [0.2, 0.25) is 0 Å². The van der Waals surface area contributed by atoms with Gasteiger partial charge in [0.1, 0.15) is 12.4 Å². The van der Waals surface area contributed by atoms with Crippen LogP contribution in [0.3, 0.4) is 0 Å². The summed E-state index contributed by atoms with van der Waals surface area (Å²) in [6.45, 7) is 4.22. The van der Waals surface area contributed by atoms with Crippen molar-refractivity contribution in [2.24, 2.45) is 5.92 Å². The maximum atomic E-state index is 12.9. The number of piperidine rings is 1. The van der Waals surface area contributed by atoms with Crippen LogP contribution in [-0.4, -0.2) is 42.4 Å². The summed E-state index contributed by atoms with van der Waals surface area (Å²) in [5.41, 5.74) is -0.740. The van der Waals surface area contributed by atoms with Gasteiger partial charge in [0.2, 0.25) is 0 Å². The molecule has 0 amide bonds. The van der Waals surface area contributed by atoms with Gasteiger partial charge in [-0.2, -0.15) is 13.2 Å². The number of benzene rings is 1. The Morgan fingerprint density at radius 1 is 1.36 bits per heavy atom. The molecule has 1 aliphatic heterocycles. The molecule has 2 atom stereocenters. The zero-order valence-corrected chi connectivity index (χ0v) is 12.6. The van der Waals surface area contributed by atoms with Crippen LogP contribution >= 0.6 is 0 Å². The second kappa shape index (κ2) is 7.33. The maximum Gasteiger partial charge on any atom is 0.419 e. The van der Waals surface area contributed by atoms with Crippen molar-refractivity contribution < 1.29 is 23.0 Å². The van der Waals surface area contributed by atoms with Crippen LogP contribution in [0.1, 0.15) is 25.3 Å². The number of para-hydroxylation sites is 1. The molecule has 0 spiro atoms. The van der Waals surface area contributed by atoms with E-state index in [1.54, 1.807) is 6.92 Å². The Morgan fingerprint density at radius 3 is 2.77 bits per heavy atom. The lowest BCUT2D eigenvalue weighted by molar-refractivity contribution is -0.139. The summed E-state index contributed by atoms with van der Waals surface area (Å²) in [5.74, 6) is 0.107. The van der Waals surface area contributed by atoms with E-state index in [9.17, 15) is 18.3 Å². The van der Waals surface area contributed by atoms with Crippen LogP contribution in [0.5, 0.6) is 5.75 Å². The highest BCUT2D eigenvalue weighted by Gasteiger charge is 2.34. The van der Waals surface area contributed by atoms with E-state index in [1.807, 2.05) is 0 Å². The van der Waals surface area contributed by atoms with E-state index >= 15 is 0 Å². The van der Waals surface area contributed by atoms with Crippen molar-refractivity contribution in [2.45, 2.75) is 32.0 Å². The SMILES string of the molecule is CC(O)C1CCCN(CCOc2ccccc2C(F)(F)F)C1. The van der Waals surface area contributed by atoms with Crippen molar-refractivity contribution in [1.82, 2.24) is 4.90 Å². The average molecular weight is 317 g/mol. The monoisotopic (exact) mass is 317 g/mol. The third-order valence-corrected chi connectivity index (χ3v) is 4.08. The van der Waals surface area contributed by atoms with E-state index < -0.39 is 11.7 Å². The van der Waals surface area contributed by atoms with Crippen LogP contribution in [0.15, 0.2) is 24.3 Å². The topological polar surface area (TPSA) is 32.7 Å². The van der Waals surface area contributed by atoms with Gasteiger partial charge in [0.05, 0.1) is 11.7 Å². The third kappa shape index (κ3) is 4.61. The number of halogens is 3. The second-order valence-corrected chi connectivity index (χ2v) is 5.79. The zero-order valence-electron chi connectivity index (χ0n) is 12.6. The van der Waals surface area contributed by atoms with Gasteiger partial charge in [0.25, 0.3) is 0 Å². The standard InChI is InChI=1S/C16H22F3NO2/c1-12(21)13-5-4-8-20(11-13)9-10-22-15-7-3-2-6-14(15)16(17,18)19/h2-3,6-7,12-13,21H,4-5,8-11H2,1H3. The lowest BCUT2D eigenvalue weighted by Crippen LogP contribution is -2.41. The van der Waals surface area contributed by atoms with Crippen molar-refractivity contribution in [2.75, 3.05) is 26.2 Å². The molecule has 1 heterocycles. The number of alkyl halides is 3. The average Bonchev–Trinajstić information content (AvgIpc) is 2.47. The van der Waals surface area contributed by atoms with E-state index in [-0.39, 0.29) is 24.4 Å². The molecule has 0 aromatic heterocycles. The zero-order chi connectivity index (χ0) is 16.2. The second-order valence-electron chi connectivity index (χ2n) is 5.79. The summed E-state index contributed by atoms with van der Waals surface area (Å²) < 4.78 is 43.9. The van der Waals surface area contributed by atoms with Crippen molar-refractivity contribution in [3.63, 3.8) is 0 Å². The Kier molecular flexibility index (Phi) is 5.69. The first kappa shape index (κ1) is 17.1. The first-order valence-electron chi connectivity index (χ1n) is 7.57. The van der Waals surface area contributed by atoms with Gasteiger partial charge in [-0.25, -0.2) is 0 Å². The molecule has 1 aliphatic rings. The number of aliphatic hydroxyl groups excluding tert-OH is 1. The highest BCUT2D eigenvalue weighted by molar-refractivity contribution is 5.35. The van der Waals surface area contributed by atoms with Gasteiger partial charge >= 0.3 is 6.18 Å². The van der Waals surface area contributed by atoms with E-state index in [0.29, 0.717) is 6.54 Å². The fourth-order valence-electron chi connectivity index (χ4n) is 2.80. The minimum Gasteiger partial charge on any atom is -0.492 e. The number of hydrogen-bond donors (Lipinski definition) is 1. The van der Waals surface area contributed by atoms with Gasteiger partial charge in [-0.3, -0.25) is 4.90 Å². The minimum absolute atomic E-state index is 0.126. The Morgan fingerprint density at radius 2 is 2.09 bits per heavy atom. The van der Waals surface area contributed by atoms with E-state index in [0.717, 1.165) is 32.0 Å². The van der Waals surface area contributed by atoms with Crippen LogP contribution in [0, 0.1) is 5.92 Å². The van der Waals surface area contributed by atoms with Crippen molar-refractivity contribution >= 4 is 0 Å². The molecule has 2 rings (SSSR count). The molecule has 0 bridgehead atoms. The molecule has 1 saturated heterocycles. The molecule has 124 valence electrons. The first-order chi connectivity index (χ1) is 10.4. The van der Waals surface area contributed by atoms with Gasteiger partial charge in [-0.15, -0.1) is 0 Å². The fourth-order valence-corrected chi connectivity index (χ4v) is 2.80. The summed E-state index contributed by atoms with van der Waals surface area (Å²) in [4.78, 5) is 2.14. The van der Waals surface area contributed by atoms with Gasteiger partial charge < -0.3 is 9.84 Å². The van der Waals surface area contributed by atoms with Crippen LogP contribution in [-0.2, 0) is 6.18 Å². The normalized spacial score (nSPS) is 21.6. The van der Waals surface area contributed by atoms with E-state index in [4.69, 9.17) is 4.74 Å². The summed E-state index contributed by atoms with van der Waals surface area (Å²) >= 11 is 0. The highest BCUT2D eigenvalue weighted by Crippen LogP contribution is 2.35. The molecule has 6 heteroatoms. The van der Waals surface area contributed by atoms with Crippen LogP contribution in [0.4, 0.5) is 13.2 Å². The summed E-state index contributed by atoms with van der Waals surface area (Å²) in [5, 5.41) is 9.64. The Bertz CT molecular complexity index is 477. The number of nitrogens with zero attached hydrogens (tertiary/aromatic N) is 1. The van der Waals surface area contributed by atoms with Gasteiger partial charge in [0, 0.05) is 13.1 Å². The predicted molar refractivity (Wildman–Crippen MR) is 77.8 cm³/mol. The van der Waals surface area contributed by atoms with Crippen LogP contribution in [0.25, 0.3) is 0 Å². The van der Waals surface area contributed by atoms with Gasteiger partial charge in [-0.1, -0.05) is 12.1 Å². The summed E-state index contributed by atoms with van der Waals surface area (Å²) in [6, 6.07) is 5.26. The predicted octanol–water partition coefficient (Wildman–Crippen LogP) is 3.18. The molecule has 1 fully saturated rings. The molecule has 22 heavy (non-hydrogen) atoms. The van der Waals surface area contributed by atoms with Gasteiger partial charge in [0.15, 0.2) is 0 Å². The lowest BCUT2D eigenvalue weighted by Gasteiger charge is -2.34. The van der Waals surface area contributed by atoms with Crippen molar-refractivity contribution in [3.8, 4) is 5.75 Å². The van der Waals surface area contributed by atoms with Crippen LogP contribution < -0.4 is 4.74 Å². The minimum atomic E-state index is -4.40. The number of rotatable bonds is 5. The smallest absolute Gasteiger partial charge is 0.419 e. The molecule has 3 nitrogen and oxygen atoms in total. The molecule has 0 radical (unpaired) electrons. The molecule has 0 saturated carbocycles. The summed E-state index contributed by atoms with van der Waals surface area (Å²) in [6.07, 6.45) is -2.77. The first-order valence-corrected chi connectivity index (χ1v) is 7.57. The largest absolute Gasteiger partial charge is 0.492 e.